The minimum Gasteiger partial charge on any atom is -0.425 e. The maximum absolute atomic E-state index is 12.2. The number of halogens is 3. The molecule has 0 aliphatic rings. The number of hydrogen-bond donors (Lipinski definition) is 0. The highest BCUT2D eigenvalue weighted by atomic mass is 19.4. The van der Waals surface area contributed by atoms with Gasteiger partial charge in [-0.1, -0.05) is 12.1 Å². The summed E-state index contributed by atoms with van der Waals surface area (Å²) in [6.07, 6.45) is -0.799. The number of alkyl halides is 3. The molecule has 2 aromatic rings. The van der Waals surface area contributed by atoms with E-state index in [-0.39, 0.29) is 5.75 Å². The molecule has 0 atom stereocenters. The molecule has 22 heavy (non-hydrogen) atoms. The Labute approximate surface area is 125 Å². The predicted octanol–water partition coefficient (Wildman–Crippen LogP) is 3.55. The first-order valence-electron chi connectivity index (χ1n) is 6.51. The highest BCUT2D eigenvalue weighted by molar-refractivity contribution is 5.69. The van der Waals surface area contributed by atoms with Gasteiger partial charge in [-0.25, -0.2) is 0 Å². The molecule has 0 spiro atoms. The molecule has 1 heterocycles. The van der Waals surface area contributed by atoms with Gasteiger partial charge in [0.05, 0.1) is 0 Å². The van der Waals surface area contributed by atoms with Gasteiger partial charge in [-0.3, -0.25) is 4.79 Å². The molecule has 0 radical (unpaired) electrons. The number of rotatable bonds is 5. The van der Waals surface area contributed by atoms with Gasteiger partial charge in [0.2, 0.25) is 0 Å². The fraction of sp³-hybridized carbons (Fsp3) is 0.267. The zero-order valence-electron chi connectivity index (χ0n) is 11.8. The topological polar surface area (TPSA) is 40.5 Å². The molecule has 4 nitrogen and oxygen atoms in total. The monoisotopic (exact) mass is 313 g/mol. The van der Waals surface area contributed by atoms with Crippen molar-refractivity contribution in [2.75, 3.05) is 0 Å². The molecule has 0 amide bonds. The maximum atomic E-state index is 12.2. The van der Waals surface area contributed by atoms with Gasteiger partial charge in [0.1, 0.15) is 11.5 Å². The number of carbonyl (C=O) groups excluding carboxylic acids is 1. The number of esters is 1. The standard InChI is InChI=1S/C15H14F3NO3/c1-11(20)21-14-6-8-19(10-14)7-5-12-3-2-4-13(9-12)22-15(16,17)18/h2-4,6,8-10H,5,7H2,1H3. The molecule has 7 heteroatoms. The lowest BCUT2D eigenvalue weighted by Gasteiger charge is -2.10. The summed E-state index contributed by atoms with van der Waals surface area (Å²) in [6, 6.07) is 7.48. The van der Waals surface area contributed by atoms with Gasteiger partial charge < -0.3 is 14.0 Å². The lowest BCUT2D eigenvalue weighted by molar-refractivity contribution is -0.274. The molecule has 118 valence electrons. The van der Waals surface area contributed by atoms with Crippen molar-refractivity contribution in [3.05, 3.63) is 48.3 Å². The molecule has 0 fully saturated rings. The van der Waals surface area contributed by atoms with Crippen LogP contribution in [0.5, 0.6) is 11.5 Å². The molecular weight excluding hydrogens is 299 g/mol. The van der Waals surface area contributed by atoms with Crippen molar-refractivity contribution in [2.24, 2.45) is 0 Å². The van der Waals surface area contributed by atoms with Crippen LogP contribution in [0.2, 0.25) is 0 Å². The Morgan fingerprint density at radius 3 is 2.68 bits per heavy atom. The van der Waals surface area contributed by atoms with Crippen molar-refractivity contribution >= 4 is 5.97 Å². The van der Waals surface area contributed by atoms with E-state index in [1.165, 1.54) is 25.1 Å². The SMILES string of the molecule is CC(=O)Oc1ccn(CCc2cccc(OC(F)(F)F)c2)c1. The summed E-state index contributed by atoms with van der Waals surface area (Å²) in [5.74, 6) is -0.213. The second kappa shape index (κ2) is 6.55. The van der Waals surface area contributed by atoms with Crippen LogP contribution in [-0.4, -0.2) is 16.9 Å². The summed E-state index contributed by atoms with van der Waals surface area (Å²) in [5, 5.41) is 0. The average molecular weight is 313 g/mol. The van der Waals surface area contributed by atoms with E-state index in [2.05, 4.69) is 4.74 Å². The van der Waals surface area contributed by atoms with Crippen LogP contribution in [-0.2, 0) is 17.8 Å². The van der Waals surface area contributed by atoms with E-state index in [1.807, 2.05) is 0 Å². The van der Waals surface area contributed by atoms with E-state index in [4.69, 9.17) is 4.74 Å². The first-order chi connectivity index (χ1) is 10.3. The highest BCUT2D eigenvalue weighted by Gasteiger charge is 2.31. The highest BCUT2D eigenvalue weighted by Crippen LogP contribution is 2.23. The second-order valence-corrected chi connectivity index (χ2v) is 4.62. The Bertz CT molecular complexity index is 649. The molecule has 0 aliphatic heterocycles. The van der Waals surface area contributed by atoms with E-state index >= 15 is 0 Å². The Balaban J connectivity index is 1.95. The molecular formula is C15H14F3NO3. The average Bonchev–Trinajstić information content (AvgIpc) is 2.81. The predicted molar refractivity (Wildman–Crippen MR) is 72.6 cm³/mol. The van der Waals surface area contributed by atoms with Crippen LogP contribution in [0, 0.1) is 0 Å². The van der Waals surface area contributed by atoms with E-state index in [1.54, 1.807) is 29.1 Å². The summed E-state index contributed by atoms with van der Waals surface area (Å²) in [7, 11) is 0. The smallest absolute Gasteiger partial charge is 0.425 e. The first-order valence-corrected chi connectivity index (χ1v) is 6.51. The molecule has 0 bridgehead atoms. The van der Waals surface area contributed by atoms with Crippen LogP contribution < -0.4 is 9.47 Å². The minimum atomic E-state index is -4.70. The number of hydrogen-bond acceptors (Lipinski definition) is 3. The summed E-state index contributed by atoms with van der Waals surface area (Å²) in [5.41, 5.74) is 0.712. The summed E-state index contributed by atoms with van der Waals surface area (Å²) in [4.78, 5) is 10.8. The van der Waals surface area contributed by atoms with Crippen molar-refractivity contribution in [1.82, 2.24) is 4.57 Å². The van der Waals surface area contributed by atoms with Crippen molar-refractivity contribution in [1.29, 1.82) is 0 Å². The summed E-state index contributed by atoms with van der Waals surface area (Å²) < 4.78 is 47.1. The Hall–Kier alpha value is -2.44. The van der Waals surface area contributed by atoms with Gasteiger partial charge in [0.25, 0.3) is 0 Å². The van der Waals surface area contributed by atoms with Gasteiger partial charge in [-0.15, -0.1) is 13.2 Å². The Kier molecular flexibility index (Phi) is 4.75. The molecule has 0 N–H and O–H groups in total. The normalized spacial score (nSPS) is 11.3. The molecule has 0 aliphatic carbocycles. The van der Waals surface area contributed by atoms with Crippen LogP contribution in [0.25, 0.3) is 0 Å². The minimum absolute atomic E-state index is 0.238. The third-order valence-electron chi connectivity index (χ3n) is 2.78. The fourth-order valence-corrected chi connectivity index (χ4v) is 1.94. The van der Waals surface area contributed by atoms with Gasteiger partial charge >= 0.3 is 12.3 Å². The fourth-order valence-electron chi connectivity index (χ4n) is 1.94. The number of nitrogens with zero attached hydrogens (tertiary/aromatic N) is 1. The van der Waals surface area contributed by atoms with Crippen LogP contribution in [0.1, 0.15) is 12.5 Å². The first kappa shape index (κ1) is 15.9. The van der Waals surface area contributed by atoms with Gasteiger partial charge in [-0.05, 0) is 30.2 Å². The lowest BCUT2D eigenvalue weighted by Crippen LogP contribution is -2.17. The molecule has 1 aromatic heterocycles. The number of aromatic nitrogens is 1. The zero-order chi connectivity index (χ0) is 16.2. The van der Waals surface area contributed by atoms with Crippen molar-refractivity contribution in [3.63, 3.8) is 0 Å². The zero-order valence-corrected chi connectivity index (χ0v) is 11.8. The van der Waals surface area contributed by atoms with Gasteiger partial charge in [0, 0.05) is 25.9 Å². The van der Waals surface area contributed by atoms with E-state index in [0.29, 0.717) is 24.3 Å². The molecule has 1 aromatic carbocycles. The van der Waals surface area contributed by atoms with Gasteiger partial charge in [-0.2, -0.15) is 0 Å². The van der Waals surface area contributed by atoms with Crippen molar-refractivity contribution in [2.45, 2.75) is 26.3 Å². The van der Waals surface area contributed by atoms with E-state index in [0.717, 1.165) is 0 Å². The lowest BCUT2D eigenvalue weighted by atomic mass is 10.1. The van der Waals surface area contributed by atoms with Crippen LogP contribution in [0.3, 0.4) is 0 Å². The number of carbonyl (C=O) groups is 1. The molecule has 0 unspecified atom stereocenters. The summed E-state index contributed by atoms with van der Waals surface area (Å²) in [6.45, 7) is 1.85. The third-order valence-corrected chi connectivity index (χ3v) is 2.78. The number of benzene rings is 1. The summed E-state index contributed by atoms with van der Waals surface area (Å²) >= 11 is 0. The van der Waals surface area contributed by atoms with Crippen LogP contribution in [0.4, 0.5) is 13.2 Å². The Morgan fingerprint density at radius 1 is 1.23 bits per heavy atom. The molecule has 0 saturated carbocycles. The van der Waals surface area contributed by atoms with Gasteiger partial charge in [0.15, 0.2) is 0 Å². The Morgan fingerprint density at radius 2 is 2.00 bits per heavy atom. The van der Waals surface area contributed by atoms with Crippen molar-refractivity contribution in [3.8, 4) is 11.5 Å². The third kappa shape index (κ3) is 5.16. The van der Waals surface area contributed by atoms with Crippen molar-refractivity contribution < 1.29 is 27.4 Å². The van der Waals surface area contributed by atoms with E-state index < -0.39 is 12.3 Å². The number of aryl methyl sites for hydroxylation is 2. The second-order valence-electron chi connectivity index (χ2n) is 4.62. The largest absolute Gasteiger partial charge is 0.573 e. The quantitative estimate of drug-likeness (QED) is 0.793. The van der Waals surface area contributed by atoms with Crippen LogP contribution >= 0.6 is 0 Å². The van der Waals surface area contributed by atoms with Crippen LogP contribution in [0.15, 0.2) is 42.7 Å². The molecule has 2 rings (SSSR count). The van der Waals surface area contributed by atoms with E-state index in [9.17, 15) is 18.0 Å². The number of ether oxygens (including phenoxy) is 2. The molecule has 0 saturated heterocycles. The maximum Gasteiger partial charge on any atom is 0.573 e.